The number of aliphatic hydroxyl groups is 1. The lowest BCUT2D eigenvalue weighted by Crippen LogP contribution is -2.45. The quantitative estimate of drug-likeness (QED) is 0.212. The third-order valence-corrected chi connectivity index (χ3v) is 6.65. The summed E-state index contributed by atoms with van der Waals surface area (Å²) in [5.41, 5.74) is -1.45. The van der Waals surface area contributed by atoms with Crippen LogP contribution in [-0.2, 0) is 12.1 Å². The molecule has 192 valence electrons. The van der Waals surface area contributed by atoms with E-state index in [1.54, 1.807) is 23.1 Å². The van der Waals surface area contributed by atoms with Crippen LogP contribution >= 0.6 is 0 Å². The maximum Gasteiger partial charge on any atom is 0.132 e. The Kier molecular flexibility index (Phi) is 13.4. The molecule has 1 aromatic carbocycles. The molecule has 2 rings (SSSR count). The van der Waals surface area contributed by atoms with Gasteiger partial charge in [0, 0.05) is 36.6 Å². The fraction of sp³-hybridized carbons (Fsp3) is 0.679. The van der Waals surface area contributed by atoms with E-state index in [4.69, 9.17) is 0 Å². The molecule has 0 radical (unpaired) electrons. The molecule has 0 bridgehead atoms. The van der Waals surface area contributed by atoms with E-state index in [1.165, 1.54) is 82.8 Å². The predicted octanol–water partition coefficient (Wildman–Crippen LogP) is 7.12. The fourth-order valence-corrected chi connectivity index (χ4v) is 4.50. The van der Waals surface area contributed by atoms with Crippen LogP contribution in [0, 0.1) is 11.6 Å². The monoisotopic (exact) mass is 477 g/mol. The number of nitrogens with one attached hydrogen (secondary N) is 1. The van der Waals surface area contributed by atoms with Crippen molar-refractivity contribution >= 4 is 0 Å². The van der Waals surface area contributed by atoms with E-state index in [0.29, 0.717) is 0 Å². The number of hydrogen-bond donors (Lipinski definition) is 2. The summed E-state index contributed by atoms with van der Waals surface area (Å²) < 4.78 is 29.5. The standard InChI is InChI=1S/C28H45F2N3O/c1-3-4-5-6-7-8-9-10-11-12-13-14-16-24(2)31-22-28(34,23-33-20-15-19-32-33)26-18-17-25(29)21-27(26)30/h15,17-21,24,31,34H,3-14,16,22-23H2,1-2H3. The third-order valence-electron chi connectivity index (χ3n) is 6.65. The Hall–Kier alpha value is -1.79. The number of halogens is 2. The zero-order valence-electron chi connectivity index (χ0n) is 21.2. The van der Waals surface area contributed by atoms with Gasteiger partial charge in [0.1, 0.15) is 17.2 Å². The first-order valence-electron chi connectivity index (χ1n) is 13.3. The topological polar surface area (TPSA) is 50.1 Å². The Bertz CT molecular complexity index is 784. The normalized spacial score (nSPS) is 14.3. The van der Waals surface area contributed by atoms with Crippen molar-refractivity contribution in [3.63, 3.8) is 0 Å². The van der Waals surface area contributed by atoms with Gasteiger partial charge in [-0.1, -0.05) is 90.0 Å². The lowest BCUT2D eigenvalue weighted by atomic mass is 9.92. The number of hydrogen-bond acceptors (Lipinski definition) is 3. The van der Waals surface area contributed by atoms with E-state index < -0.39 is 17.2 Å². The van der Waals surface area contributed by atoms with Crippen LogP contribution in [0.15, 0.2) is 36.7 Å². The summed E-state index contributed by atoms with van der Waals surface area (Å²) >= 11 is 0. The van der Waals surface area contributed by atoms with Crippen molar-refractivity contribution in [3.8, 4) is 0 Å². The third kappa shape index (κ3) is 10.6. The van der Waals surface area contributed by atoms with Crippen molar-refractivity contribution in [2.75, 3.05) is 6.54 Å². The second-order valence-corrected chi connectivity index (χ2v) is 9.82. The van der Waals surface area contributed by atoms with E-state index >= 15 is 0 Å². The Morgan fingerprint density at radius 2 is 1.59 bits per heavy atom. The van der Waals surface area contributed by atoms with Gasteiger partial charge in [-0.05, 0) is 25.5 Å². The molecular formula is C28H45F2N3O. The van der Waals surface area contributed by atoms with Crippen LogP contribution in [0.25, 0.3) is 0 Å². The molecule has 0 amide bonds. The van der Waals surface area contributed by atoms with Crippen molar-refractivity contribution in [2.45, 2.75) is 116 Å². The van der Waals surface area contributed by atoms with Crippen LogP contribution in [0.3, 0.4) is 0 Å². The van der Waals surface area contributed by atoms with Gasteiger partial charge in [-0.2, -0.15) is 5.10 Å². The first kappa shape index (κ1) is 28.4. The molecule has 0 fully saturated rings. The number of benzene rings is 1. The zero-order valence-corrected chi connectivity index (χ0v) is 21.2. The van der Waals surface area contributed by atoms with Gasteiger partial charge in [-0.15, -0.1) is 0 Å². The van der Waals surface area contributed by atoms with Crippen LogP contribution in [0.2, 0.25) is 0 Å². The van der Waals surface area contributed by atoms with Gasteiger partial charge in [-0.3, -0.25) is 4.68 Å². The number of aromatic nitrogens is 2. The lowest BCUT2D eigenvalue weighted by Gasteiger charge is -2.31. The predicted molar refractivity (Wildman–Crippen MR) is 136 cm³/mol. The highest BCUT2D eigenvalue weighted by Gasteiger charge is 2.33. The minimum atomic E-state index is -1.53. The van der Waals surface area contributed by atoms with Crippen molar-refractivity contribution in [3.05, 3.63) is 53.9 Å². The summed E-state index contributed by atoms with van der Waals surface area (Å²) in [6, 6.07) is 5.27. The van der Waals surface area contributed by atoms with Gasteiger partial charge in [0.15, 0.2) is 0 Å². The van der Waals surface area contributed by atoms with Gasteiger partial charge in [0.2, 0.25) is 0 Å². The Labute approximate surface area is 205 Å². The average Bonchev–Trinajstić information content (AvgIpc) is 3.31. The molecule has 2 unspecified atom stereocenters. The van der Waals surface area contributed by atoms with Crippen LogP contribution in [0.1, 0.15) is 103 Å². The maximum atomic E-state index is 14.5. The Balaban J connectivity index is 1.68. The van der Waals surface area contributed by atoms with E-state index in [2.05, 4.69) is 24.3 Å². The molecule has 0 aliphatic carbocycles. The molecule has 1 aromatic heterocycles. The molecule has 1 heterocycles. The fourth-order valence-electron chi connectivity index (χ4n) is 4.50. The second kappa shape index (κ2) is 16.0. The average molecular weight is 478 g/mol. The van der Waals surface area contributed by atoms with Gasteiger partial charge in [0.25, 0.3) is 0 Å². The highest BCUT2D eigenvalue weighted by molar-refractivity contribution is 5.25. The highest BCUT2D eigenvalue weighted by atomic mass is 19.1. The number of rotatable bonds is 19. The maximum absolute atomic E-state index is 14.5. The van der Waals surface area contributed by atoms with Gasteiger partial charge >= 0.3 is 0 Å². The smallest absolute Gasteiger partial charge is 0.132 e. The summed E-state index contributed by atoms with van der Waals surface area (Å²) in [6.45, 7) is 4.60. The van der Waals surface area contributed by atoms with Crippen molar-refractivity contribution in [1.82, 2.24) is 15.1 Å². The molecular weight excluding hydrogens is 432 g/mol. The molecule has 0 aliphatic rings. The SMILES string of the molecule is CCCCCCCCCCCCCCC(C)NCC(O)(Cn1cccn1)c1ccc(F)cc1F. The van der Waals surface area contributed by atoms with Crippen LogP contribution < -0.4 is 5.32 Å². The number of nitrogens with zero attached hydrogens (tertiary/aromatic N) is 2. The largest absolute Gasteiger partial charge is 0.382 e. The van der Waals surface area contributed by atoms with Crippen molar-refractivity contribution < 1.29 is 13.9 Å². The summed E-state index contributed by atoms with van der Waals surface area (Å²) in [4.78, 5) is 0. The highest BCUT2D eigenvalue weighted by Crippen LogP contribution is 2.26. The van der Waals surface area contributed by atoms with Gasteiger partial charge in [0.05, 0.1) is 6.54 Å². The second-order valence-electron chi connectivity index (χ2n) is 9.82. The molecule has 0 saturated heterocycles. The van der Waals surface area contributed by atoms with E-state index in [-0.39, 0.29) is 24.7 Å². The Morgan fingerprint density at radius 1 is 0.971 bits per heavy atom. The molecule has 6 heteroatoms. The van der Waals surface area contributed by atoms with Crippen molar-refractivity contribution in [2.24, 2.45) is 0 Å². The lowest BCUT2D eigenvalue weighted by molar-refractivity contribution is 0.00977. The van der Waals surface area contributed by atoms with Gasteiger partial charge in [-0.25, -0.2) is 8.78 Å². The summed E-state index contributed by atoms with van der Waals surface area (Å²) in [5, 5.41) is 18.9. The van der Waals surface area contributed by atoms with Crippen molar-refractivity contribution in [1.29, 1.82) is 0 Å². The van der Waals surface area contributed by atoms with Crippen LogP contribution in [0.5, 0.6) is 0 Å². The molecule has 2 atom stereocenters. The molecule has 0 spiro atoms. The minimum absolute atomic E-state index is 0.0782. The van der Waals surface area contributed by atoms with E-state index in [0.717, 1.165) is 18.9 Å². The summed E-state index contributed by atoms with van der Waals surface area (Å²) in [6.07, 6.45) is 20.2. The molecule has 0 aliphatic heterocycles. The molecule has 0 saturated carbocycles. The number of unbranched alkanes of at least 4 members (excludes halogenated alkanes) is 11. The van der Waals surface area contributed by atoms with Crippen LogP contribution in [0.4, 0.5) is 8.78 Å². The molecule has 4 nitrogen and oxygen atoms in total. The van der Waals surface area contributed by atoms with E-state index in [9.17, 15) is 13.9 Å². The molecule has 34 heavy (non-hydrogen) atoms. The minimum Gasteiger partial charge on any atom is -0.382 e. The van der Waals surface area contributed by atoms with Gasteiger partial charge < -0.3 is 10.4 Å². The Morgan fingerprint density at radius 3 is 2.15 bits per heavy atom. The first-order chi connectivity index (χ1) is 16.4. The van der Waals surface area contributed by atoms with Crippen LogP contribution in [-0.4, -0.2) is 27.5 Å². The zero-order chi connectivity index (χ0) is 24.7. The molecule has 2 aromatic rings. The first-order valence-corrected chi connectivity index (χ1v) is 13.3. The summed E-state index contributed by atoms with van der Waals surface area (Å²) in [5.74, 6) is -1.40. The summed E-state index contributed by atoms with van der Waals surface area (Å²) in [7, 11) is 0. The molecule has 2 N–H and O–H groups in total. The van der Waals surface area contributed by atoms with E-state index in [1.807, 2.05) is 0 Å².